The van der Waals surface area contributed by atoms with Crippen molar-refractivity contribution >= 4 is 19.9 Å². The van der Waals surface area contributed by atoms with Gasteiger partial charge in [0.2, 0.25) is 0 Å². The van der Waals surface area contributed by atoms with E-state index in [4.69, 9.17) is 0 Å². The van der Waals surface area contributed by atoms with Crippen molar-refractivity contribution in [1.82, 2.24) is 0 Å². The molecule has 1 rings (SSSR count). The molecule has 1 heterocycles. The van der Waals surface area contributed by atoms with Crippen LogP contribution in [0.25, 0.3) is 0 Å². The van der Waals surface area contributed by atoms with E-state index in [1.165, 1.54) is 0 Å². The van der Waals surface area contributed by atoms with Crippen molar-refractivity contribution in [2.75, 3.05) is 13.1 Å². The van der Waals surface area contributed by atoms with Crippen LogP contribution in [0.4, 0.5) is 0 Å². The van der Waals surface area contributed by atoms with Crippen molar-refractivity contribution in [2.24, 2.45) is 0 Å². The monoisotopic (exact) mass is 169 g/mol. The predicted molar refractivity (Wildman–Crippen MR) is 32.7 cm³/mol. The van der Waals surface area contributed by atoms with Crippen molar-refractivity contribution in [3.63, 3.8) is 0 Å². The van der Waals surface area contributed by atoms with E-state index in [1.807, 2.05) is 5.32 Å². The summed E-state index contributed by atoms with van der Waals surface area (Å²) in [5.41, 5.74) is 0. The zero-order chi connectivity index (χ0) is 6.91. The molecule has 0 aromatic heterocycles. The van der Waals surface area contributed by atoms with Crippen LogP contribution in [0.1, 0.15) is 0 Å². The number of quaternary nitrogens is 1. The first-order chi connectivity index (χ1) is 4.08. The van der Waals surface area contributed by atoms with E-state index in [9.17, 15) is 13.0 Å². The van der Waals surface area contributed by atoms with Crippen molar-refractivity contribution in [3.05, 3.63) is 0 Å². The number of nitrogens with two attached hydrogens (primary N) is 1. The molecule has 1 aliphatic rings. The summed E-state index contributed by atoms with van der Waals surface area (Å²) >= 11 is 0. The topological polar surface area (TPSA) is 73.8 Å². The second-order valence-corrected chi connectivity index (χ2v) is 5.36. The quantitative estimate of drug-likeness (QED) is 0.388. The molecular weight excluding hydrogens is 162 g/mol. The summed E-state index contributed by atoms with van der Waals surface area (Å²) in [6, 6.07) is 0. The lowest BCUT2D eigenvalue weighted by Gasteiger charge is -2.22. The van der Waals surface area contributed by atoms with Gasteiger partial charge in [-0.1, -0.05) is 0 Å². The van der Waals surface area contributed by atoms with E-state index >= 15 is 0 Å². The minimum absolute atomic E-state index is 0.0347. The Morgan fingerprint density at radius 2 is 2.11 bits per heavy atom. The van der Waals surface area contributed by atoms with Crippen LogP contribution < -0.4 is 5.32 Å². The maximum atomic E-state index is 10.0. The highest BCUT2D eigenvalue weighted by molar-refractivity contribution is 8.70. The van der Waals surface area contributed by atoms with Gasteiger partial charge in [0, 0.05) is 0 Å². The van der Waals surface area contributed by atoms with Crippen molar-refractivity contribution in [2.45, 2.75) is 5.25 Å². The van der Waals surface area contributed by atoms with Gasteiger partial charge in [0.25, 0.3) is 0 Å². The van der Waals surface area contributed by atoms with E-state index in [0.717, 1.165) is 13.1 Å². The van der Waals surface area contributed by atoms with Crippen LogP contribution in [-0.2, 0) is 9.15 Å². The Bertz CT molecular complexity index is 183. The molecule has 0 saturated carbocycles. The molecule has 0 aromatic carbocycles. The van der Waals surface area contributed by atoms with Crippen LogP contribution in [0.2, 0.25) is 0 Å². The number of rotatable bonds is 2. The summed E-state index contributed by atoms with van der Waals surface area (Å²) in [5.74, 6) is 0. The molecule has 6 heteroatoms. The first-order valence-electron chi connectivity index (χ1n) is 2.54. The van der Waals surface area contributed by atoms with Crippen LogP contribution in [-0.4, -0.2) is 31.3 Å². The fraction of sp³-hybridized carbons (Fsp3) is 1.00. The fourth-order valence-corrected chi connectivity index (χ4v) is 2.78. The molecule has 4 nitrogen and oxygen atoms in total. The van der Waals surface area contributed by atoms with Crippen LogP contribution in [0.5, 0.6) is 0 Å². The van der Waals surface area contributed by atoms with Gasteiger partial charge in [-0.15, -0.1) is 0 Å². The highest BCUT2D eigenvalue weighted by atomic mass is 33.1. The molecule has 0 amide bonds. The smallest absolute Gasteiger partial charge is 0.149 e. The molecular formula is C3H7NO3S2. The average molecular weight is 169 g/mol. The molecule has 1 saturated heterocycles. The summed E-state index contributed by atoms with van der Waals surface area (Å²) in [5, 5.41) is 2.00. The predicted octanol–water partition coefficient (Wildman–Crippen LogP) is -1.87. The number of hydrogen-bond donors (Lipinski definition) is 1. The van der Waals surface area contributed by atoms with E-state index in [0.29, 0.717) is 10.8 Å². The van der Waals surface area contributed by atoms with Crippen LogP contribution >= 0.6 is 10.8 Å². The Kier molecular flexibility index (Phi) is 2.00. The molecule has 9 heavy (non-hydrogen) atoms. The standard InChI is InChI=1S/C3H7NO3S2/c5-9(6,7)8-3-1-4-2-3/h3-4H,1-2H2,(H,5,6,7). The zero-order valence-corrected chi connectivity index (χ0v) is 6.24. The normalized spacial score (nSPS) is 21.4. The van der Waals surface area contributed by atoms with E-state index in [-0.39, 0.29) is 5.25 Å². The van der Waals surface area contributed by atoms with Gasteiger partial charge in [-0.3, -0.25) is 0 Å². The second kappa shape index (κ2) is 2.45. The van der Waals surface area contributed by atoms with Gasteiger partial charge in [-0.2, -0.15) is 0 Å². The van der Waals surface area contributed by atoms with Crippen molar-refractivity contribution in [1.29, 1.82) is 0 Å². The molecule has 2 N–H and O–H groups in total. The molecule has 0 aromatic rings. The third-order valence-corrected chi connectivity index (χ3v) is 3.53. The van der Waals surface area contributed by atoms with Gasteiger partial charge in [0.05, 0.1) is 13.1 Å². The minimum atomic E-state index is -4.04. The Morgan fingerprint density at radius 1 is 1.56 bits per heavy atom. The molecule has 1 fully saturated rings. The minimum Gasteiger partial charge on any atom is -0.739 e. The summed E-state index contributed by atoms with van der Waals surface area (Å²) in [7, 11) is -3.51. The third kappa shape index (κ3) is 2.53. The highest BCUT2D eigenvalue weighted by Crippen LogP contribution is 2.16. The highest BCUT2D eigenvalue weighted by Gasteiger charge is 2.24. The van der Waals surface area contributed by atoms with Gasteiger partial charge >= 0.3 is 0 Å². The molecule has 54 valence electrons. The summed E-state index contributed by atoms with van der Waals surface area (Å²) in [4.78, 5) is 0. The van der Waals surface area contributed by atoms with Gasteiger partial charge < -0.3 is 9.87 Å². The Morgan fingerprint density at radius 3 is 2.22 bits per heavy atom. The third-order valence-electron chi connectivity index (χ3n) is 1.11. The first kappa shape index (κ1) is 7.33. The maximum Gasteiger partial charge on any atom is 0.149 e. The lowest BCUT2D eigenvalue weighted by molar-refractivity contribution is -0.701. The average Bonchev–Trinajstić information content (AvgIpc) is 1.53. The molecule has 0 radical (unpaired) electrons. The molecule has 0 spiro atoms. The van der Waals surface area contributed by atoms with E-state index in [1.54, 1.807) is 0 Å². The van der Waals surface area contributed by atoms with Gasteiger partial charge in [-0.05, 0) is 10.8 Å². The van der Waals surface area contributed by atoms with Crippen LogP contribution in [0.15, 0.2) is 0 Å². The van der Waals surface area contributed by atoms with Crippen LogP contribution in [0, 0.1) is 0 Å². The maximum absolute atomic E-state index is 10.0. The van der Waals surface area contributed by atoms with Gasteiger partial charge in [0.15, 0.2) is 0 Å². The van der Waals surface area contributed by atoms with E-state index < -0.39 is 9.15 Å². The molecule has 0 aliphatic carbocycles. The Hall–Kier alpha value is 0.220. The van der Waals surface area contributed by atoms with Crippen molar-refractivity contribution in [3.8, 4) is 0 Å². The SMILES string of the molecule is O=S(=O)([O-])SC1C[NH2+]C1. The first-order valence-corrected chi connectivity index (χ1v) is 5.34. The molecule has 0 atom stereocenters. The summed E-state index contributed by atoms with van der Waals surface area (Å²) in [6.45, 7) is 1.51. The van der Waals surface area contributed by atoms with Gasteiger partial charge in [-0.25, -0.2) is 8.42 Å². The zero-order valence-electron chi connectivity index (χ0n) is 4.61. The van der Waals surface area contributed by atoms with E-state index in [2.05, 4.69) is 0 Å². The molecule has 1 aliphatic heterocycles. The second-order valence-electron chi connectivity index (χ2n) is 1.89. The summed E-state index contributed by atoms with van der Waals surface area (Å²) < 4.78 is 30.1. The van der Waals surface area contributed by atoms with Crippen LogP contribution in [0.3, 0.4) is 0 Å². The van der Waals surface area contributed by atoms with Crippen molar-refractivity contribution < 1.29 is 18.3 Å². The fourth-order valence-electron chi connectivity index (χ4n) is 0.548. The Balaban J connectivity index is 2.33. The molecule has 0 unspecified atom stereocenters. The molecule has 0 bridgehead atoms. The van der Waals surface area contributed by atoms with Gasteiger partial charge in [0.1, 0.15) is 14.4 Å². The lowest BCUT2D eigenvalue weighted by atomic mass is 10.3. The Labute approximate surface area is 57.2 Å². The summed E-state index contributed by atoms with van der Waals surface area (Å²) in [6.07, 6.45) is 0. The largest absolute Gasteiger partial charge is 0.739 e. The number of hydrogen-bond acceptors (Lipinski definition) is 4. The lowest BCUT2D eigenvalue weighted by Crippen LogP contribution is -2.97.